The molecule has 0 N–H and O–H groups in total. The molecule has 0 heterocycles. The highest BCUT2D eigenvalue weighted by Gasteiger charge is 2.10. The van der Waals surface area contributed by atoms with Gasteiger partial charge in [0.05, 0.1) is 0 Å². The van der Waals surface area contributed by atoms with Crippen molar-refractivity contribution in [2.24, 2.45) is 0 Å². The maximum Gasteiger partial charge on any atom is 0.167 e. The number of hydrogen-bond acceptors (Lipinski definition) is 1. The summed E-state index contributed by atoms with van der Waals surface area (Å²) in [5, 5.41) is 0.668. The fourth-order valence-corrected chi connectivity index (χ4v) is 2.34. The Balaban J connectivity index is 2.15. The lowest BCUT2D eigenvalue weighted by Gasteiger charge is -2.06. The van der Waals surface area contributed by atoms with Gasteiger partial charge in [-0.25, -0.2) is 0 Å². The molecule has 2 rings (SSSR count). The van der Waals surface area contributed by atoms with Crippen LogP contribution >= 0.6 is 11.6 Å². The molecule has 0 fully saturated rings. The molecule has 2 heteroatoms. The minimum absolute atomic E-state index is 0.137. The van der Waals surface area contributed by atoms with Gasteiger partial charge < -0.3 is 0 Å². The predicted octanol–water partition coefficient (Wildman–Crippen LogP) is 4.64. The van der Waals surface area contributed by atoms with Crippen LogP contribution in [0.25, 0.3) is 0 Å². The van der Waals surface area contributed by atoms with E-state index in [1.807, 2.05) is 25.1 Å². The molecule has 0 aliphatic carbocycles. The Labute approximate surface area is 119 Å². The molecule has 0 unspecified atom stereocenters. The molecule has 1 nitrogen and oxygen atoms in total. The molecule has 0 atom stereocenters. The van der Waals surface area contributed by atoms with E-state index < -0.39 is 0 Å². The Kier molecular flexibility index (Phi) is 4.39. The number of benzene rings is 2. The fraction of sp³-hybridized carbons (Fsp3) is 0.235. The van der Waals surface area contributed by atoms with Gasteiger partial charge in [-0.05, 0) is 48.2 Å². The Hall–Kier alpha value is -1.60. The van der Waals surface area contributed by atoms with E-state index in [0.717, 1.165) is 23.1 Å². The lowest BCUT2D eigenvalue weighted by Crippen LogP contribution is -2.05. The summed E-state index contributed by atoms with van der Waals surface area (Å²) in [5.74, 6) is 0.137. The van der Waals surface area contributed by atoms with E-state index in [-0.39, 0.29) is 5.78 Å². The highest BCUT2D eigenvalue weighted by Crippen LogP contribution is 2.17. The van der Waals surface area contributed by atoms with E-state index in [1.54, 1.807) is 12.1 Å². The molecule has 19 heavy (non-hydrogen) atoms. The summed E-state index contributed by atoms with van der Waals surface area (Å²) in [6.07, 6.45) is 1.46. The summed E-state index contributed by atoms with van der Waals surface area (Å²) in [6.45, 7) is 4.04. The van der Waals surface area contributed by atoms with Crippen molar-refractivity contribution in [3.8, 4) is 0 Å². The van der Waals surface area contributed by atoms with E-state index >= 15 is 0 Å². The number of aryl methyl sites for hydroxylation is 2. The first kappa shape index (κ1) is 13.8. The van der Waals surface area contributed by atoms with Crippen LogP contribution in [-0.2, 0) is 12.8 Å². The zero-order valence-electron chi connectivity index (χ0n) is 11.2. The number of halogens is 1. The van der Waals surface area contributed by atoms with Gasteiger partial charge in [0.2, 0.25) is 0 Å². The molecular weight excluding hydrogens is 256 g/mol. The normalized spacial score (nSPS) is 10.5. The smallest absolute Gasteiger partial charge is 0.167 e. The van der Waals surface area contributed by atoms with Gasteiger partial charge >= 0.3 is 0 Å². The Morgan fingerprint density at radius 1 is 1.05 bits per heavy atom. The zero-order valence-corrected chi connectivity index (χ0v) is 12.0. The molecule has 0 saturated carbocycles. The molecular formula is C17H17ClO. The zero-order chi connectivity index (χ0) is 13.8. The lowest BCUT2D eigenvalue weighted by atomic mass is 9.98. The molecule has 0 saturated heterocycles. The summed E-state index contributed by atoms with van der Waals surface area (Å²) in [5.41, 5.74) is 4.03. The molecule has 2 aromatic carbocycles. The van der Waals surface area contributed by atoms with Crippen molar-refractivity contribution in [3.05, 3.63) is 69.7 Å². The van der Waals surface area contributed by atoms with Crippen molar-refractivity contribution in [1.29, 1.82) is 0 Å². The first-order valence-electron chi connectivity index (χ1n) is 6.47. The van der Waals surface area contributed by atoms with Crippen molar-refractivity contribution in [3.63, 3.8) is 0 Å². The minimum atomic E-state index is 0.137. The third-order valence-electron chi connectivity index (χ3n) is 3.28. The second kappa shape index (κ2) is 6.03. The molecule has 0 bridgehead atoms. The third kappa shape index (κ3) is 3.45. The summed E-state index contributed by atoms with van der Waals surface area (Å²) in [4.78, 5) is 12.3. The molecule has 2 aromatic rings. The number of Topliss-reactive ketones (excluding diaryl/α,β-unsaturated/α-hetero) is 1. The second-order valence-electron chi connectivity index (χ2n) is 4.73. The summed E-state index contributed by atoms with van der Waals surface area (Å²) in [7, 11) is 0. The summed E-state index contributed by atoms with van der Waals surface area (Å²) < 4.78 is 0. The van der Waals surface area contributed by atoms with Gasteiger partial charge in [-0.1, -0.05) is 42.8 Å². The van der Waals surface area contributed by atoms with Gasteiger partial charge in [-0.15, -0.1) is 0 Å². The second-order valence-corrected chi connectivity index (χ2v) is 5.17. The molecule has 0 aromatic heterocycles. The van der Waals surface area contributed by atoms with Crippen molar-refractivity contribution < 1.29 is 4.79 Å². The first-order chi connectivity index (χ1) is 9.10. The van der Waals surface area contributed by atoms with Gasteiger partial charge in [0.25, 0.3) is 0 Å². The molecule has 0 spiro atoms. The maximum atomic E-state index is 12.3. The Morgan fingerprint density at radius 2 is 1.68 bits per heavy atom. The van der Waals surface area contributed by atoms with Crippen LogP contribution in [-0.4, -0.2) is 5.78 Å². The van der Waals surface area contributed by atoms with Gasteiger partial charge in [-0.3, -0.25) is 4.79 Å². The standard InChI is InChI=1S/C17H17ClO/c1-3-13-4-6-14(7-5-13)11-17(19)16-9-8-15(18)10-12(16)2/h4-10H,3,11H2,1-2H3. The highest BCUT2D eigenvalue weighted by atomic mass is 35.5. The quantitative estimate of drug-likeness (QED) is 0.741. The average Bonchev–Trinajstić information content (AvgIpc) is 2.39. The lowest BCUT2D eigenvalue weighted by molar-refractivity contribution is 0.0992. The van der Waals surface area contributed by atoms with Crippen LogP contribution in [0.1, 0.15) is 34.0 Å². The largest absolute Gasteiger partial charge is 0.294 e. The average molecular weight is 273 g/mol. The van der Waals surface area contributed by atoms with Crippen molar-refractivity contribution in [1.82, 2.24) is 0 Å². The highest BCUT2D eigenvalue weighted by molar-refractivity contribution is 6.30. The van der Waals surface area contributed by atoms with E-state index in [2.05, 4.69) is 19.1 Å². The van der Waals surface area contributed by atoms with E-state index in [0.29, 0.717) is 11.4 Å². The van der Waals surface area contributed by atoms with Crippen LogP contribution in [0, 0.1) is 6.92 Å². The summed E-state index contributed by atoms with van der Waals surface area (Å²) in [6, 6.07) is 13.6. The number of carbonyl (C=O) groups is 1. The van der Waals surface area contributed by atoms with Crippen molar-refractivity contribution >= 4 is 17.4 Å². The third-order valence-corrected chi connectivity index (χ3v) is 3.52. The van der Waals surface area contributed by atoms with Crippen LogP contribution in [0.4, 0.5) is 0 Å². The number of ketones is 1. The van der Waals surface area contributed by atoms with Crippen LogP contribution in [0.5, 0.6) is 0 Å². The van der Waals surface area contributed by atoms with E-state index in [4.69, 9.17) is 11.6 Å². The molecule has 0 aliphatic heterocycles. The SMILES string of the molecule is CCc1ccc(CC(=O)c2ccc(Cl)cc2C)cc1. The summed E-state index contributed by atoms with van der Waals surface area (Å²) >= 11 is 5.90. The predicted molar refractivity (Wildman–Crippen MR) is 80.0 cm³/mol. The van der Waals surface area contributed by atoms with E-state index in [9.17, 15) is 4.79 Å². The van der Waals surface area contributed by atoms with Crippen LogP contribution in [0.2, 0.25) is 5.02 Å². The number of hydrogen-bond donors (Lipinski definition) is 0. The topological polar surface area (TPSA) is 17.1 Å². The molecule has 0 amide bonds. The van der Waals surface area contributed by atoms with Gasteiger partial charge in [0.1, 0.15) is 0 Å². The Bertz CT molecular complexity index is 585. The van der Waals surface area contributed by atoms with Gasteiger partial charge in [0.15, 0.2) is 5.78 Å². The molecule has 98 valence electrons. The number of carbonyl (C=O) groups excluding carboxylic acids is 1. The van der Waals surface area contributed by atoms with Crippen LogP contribution in [0.15, 0.2) is 42.5 Å². The molecule has 0 aliphatic rings. The van der Waals surface area contributed by atoms with Crippen LogP contribution < -0.4 is 0 Å². The van der Waals surface area contributed by atoms with Crippen molar-refractivity contribution in [2.45, 2.75) is 26.7 Å². The fourth-order valence-electron chi connectivity index (χ4n) is 2.11. The van der Waals surface area contributed by atoms with Gasteiger partial charge in [-0.2, -0.15) is 0 Å². The first-order valence-corrected chi connectivity index (χ1v) is 6.85. The molecule has 0 radical (unpaired) electrons. The van der Waals surface area contributed by atoms with Gasteiger partial charge in [0, 0.05) is 17.0 Å². The maximum absolute atomic E-state index is 12.3. The van der Waals surface area contributed by atoms with E-state index in [1.165, 1.54) is 5.56 Å². The number of rotatable bonds is 4. The van der Waals surface area contributed by atoms with Crippen molar-refractivity contribution in [2.75, 3.05) is 0 Å². The Morgan fingerprint density at radius 3 is 2.26 bits per heavy atom. The monoisotopic (exact) mass is 272 g/mol. The minimum Gasteiger partial charge on any atom is -0.294 e. The van der Waals surface area contributed by atoms with Crippen LogP contribution in [0.3, 0.4) is 0 Å².